The third-order valence-electron chi connectivity index (χ3n) is 3.95. The maximum absolute atomic E-state index is 4.57. The molecule has 1 saturated heterocycles. The summed E-state index contributed by atoms with van der Waals surface area (Å²) >= 11 is 0. The molecule has 1 atom stereocenters. The van der Waals surface area contributed by atoms with Gasteiger partial charge >= 0.3 is 0 Å². The van der Waals surface area contributed by atoms with Gasteiger partial charge in [0, 0.05) is 30.9 Å². The van der Waals surface area contributed by atoms with Gasteiger partial charge in [-0.05, 0) is 37.8 Å². The average Bonchev–Trinajstić information content (AvgIpc) is 2.45. The summed E-state index contributed by atoms with van der Waals surface area (Å²) in [6.07, 6.45) is 6.97. The van der Waals surface area contributed by atoms with Crippen molar-refractivity contribution in [3.8, 4) is 0 Å². The van der Waals surface area contributed by atoms with Gasteiger partial charge in [-0.3, -0.25) is 4.90 Å². The molecule has 1 unspecified atom stereocenters. The van der Waals surface area contributed by atoms with Gasteiger partial charge < -0.3 is 5.32 Å². The Balaban J connectivity index is 2.18. The number of anilines is 1. The largest absolute Gasteiger partial charge is 0.370 e. The summed E-state index contributed by atoms with van der Waals surface area (Å²) < 4.78 is 0. The molecule has 0 bridgehead atoms. The van der Waals surface area contributed by atoms with Crippen LogP contribution >= 0.6 is 0 Å². The fraction of sp³-hybridized carbons (Fsp3) is 0.706. The summed E-state index contributed by atoms with van der Waals surface area (Å²) in [4.78, 5) is 7.22. The molecule has 3 heteroatoms. The van der Waals surface area contributed by atoms with E-state index in [0.29, 0.717) is 6.04 Å². The molecule has 1 fully saturated rings. The van der Waals surface area contributed by atoms with Crippen LogP contribution in [0.3, 0.4) is 0 Å². The molecule has 0 saturated carbocycles. The Hall–Kier alpha value is -1.09. The zero-order chi connectivity index (χ0) is 14.4. The Morgan fingerprint density at radius 2 is 2.25 bits per heavy atom. The highest BCUT2D eigenvalue weighted by atomic mass is 15.2. The smallest absolute Gasteiger partial charge is 0.130 e. The minimum atomic E-state index is 0.541. The predicted molar refractivity (Wildman–Crippen MR) is 86.0 cm³/mol. The normalized spacial score (nSPS) is 20.3. The van der Waals surface area contributed by atoms with Crippen molar-refractivity contribution in [3.63, 3.8) is 0 Å². The molecule has 2 rings (SSSR count). The van der Waals surface area contributed by atoms with E-state index in [-0.39, 0.29) is 0 Å². The highest BCUT2D eigenvalue weighted by Gasteiger charge is 2.26. The van der Waals surface area contributed by atoms with E-state index in [1.165, 1.54) is 37.9 Å². The second kappa shape index (κ2) is 7.63. The number of aromatic nitrogens is 1. The number of likely N-dealkylation sites (tertiary alicyclic amines) is 1. The third-order valence-corrected chi connectivity index (χ3v) is 3.95. The zero-order valence-electron chi connectivity index (χ0n) is 13.2. The maximum atomic E-state index is 4.57. The van der Waals surface area contributed by atoms with E-state index in [4.69, 9.17) is 0 Å². The molecule has 1 aliphatic heterocycles. The first-order chi connectivity index (χ1) is 9.72. The van der Waals surface area contributed by atoms with Crippen LogP contribution in [-0.2, 0) is 0 Å². The monoisotopic (exact) mass is 275 g/mol. The highest BCUT2D eigenvalue weighted by molar-refractivity contribution is 5.45. The lowest BCUT2D eigenvalue weighted by molar-refractivity contribution is 0.132. The van der Waals surface area contributed by atoms with Crippen molar-refractivity contribution in [2.75, 3.05) is 25.0 Å². The molecule has 20 heavy (non-hydrogen) atoms. The Bertz CT molecular complexity index is 403. The molecular formula is C17H29N3. The van der Waals surface area contributed by atoms with Crippen molar-refractivity contribution in [1.29, 1.82) is 0 Å². The number of pyridine rings is 1. The summed E-state index contributed by atoms with van der Waals surface area (Å²) in [6, 6.07) is 4.88. The number of nitrogens with one attached hydrogen (secondary N) is 1. The molecule has 1 aromatic rings. The summed E-state index contributed by atoms with van der Waals surface area (Å²) in [7, 11) is 0. The van der Waals surface area contributed by atoms with Crippen LogP contribution in [0.4, 0.5) is 5.82 Å². The van der Waals surface area contributed by atoms with Crippen molar-refractivity contribution in [3.05, 3.63) is 23.9 Å². The van der Waals surface area contributed by atoms with E-state index in [2.05, 4.69) is 48.1 Å². The molecule has 0 aliphatic carbocycles. The quantitative estimate of drug-likeness (QED) is 0.847. The second-order valence-corrected chi connectivity index (χ2v) is 6.27. The molecule has 3 nitrogen and oxygen atoms in total. The topological polar surface area (TPSA) is 28.2 Å². The summed E-state index contributed by atoms with van der Waals surface area (Å²) in [5.74, 6) is 1.81. The van der Waals surface area contributed by atoms with Gasteiger partial charge in [-0.15, -0.1) is 0 Å². The van der Waals surface area contributed by atoms with Gasteiger partial charge in [0.2, 0.25) is 0 Å². The van der Waals surface area contributed by atoms with Gasteiger partial charge in [-0.25, -0.2) is 4.98 Å². The minimum Gasteiger partial charge on any atom is -0.370 e. The standard InChI is InChI=1S/C17H29N3/c1-4-10-18-17-15(8-7-11-19-17)16-9-5-6-12-20(16)13-14(2)3/h7-8,11,14,16H,4-6,9-10,12-13H2,1-3H3,(H,18,19). The molecule has 2 heterocycles. The van der Waals surface area contributed by atoms with Crippen LogP contribution in [0, 0.1) is 5.92 Å². The van der Waals surface area contributed by atoms with E-state index < -0.39 is 0 Å². The van der Waals surface area contributed by atoms with Crippen molar-refractivity contribution in [1.82, 2.24) is 9.88 Å². The molecule has 1 N–H and O–H groups in total. The van der Waals surface area contributed by atoms with Crippen LogP contribution in [0.5, 0.6) is 0 Å². The van der Waals surface area contributed by atoms with E-state index in [1.54, 1.807) is 0 Å². The Labute approximate surface area is 123 Å². The van der Waals surface area contributed by atoms with Crippen LogP contribution in [-0.4, -0.2) is 29.5 Å². The zero-order valence-corrected chi connectivity index (χ0v) is 13.2. The van der Waals surface area contributed by atoms with Gasteiger partial charge in [-0.2, -0.15) is 0 Å². The van der Waals surface area contributed by atoms with Crippen molar-refractivity contribution < 1.29 is 0 Å². The number of hydrogen-bond acceptors (Lipinski definition) is 3. The first kappa shape index (κ1) is 15.3. The summed E-state index contributed by atoms with van der Waals surface area (Å²) in [5, 5.41) is 3.50. The molecule has 0 radical (unpaired) electrons. The molecule has 1 aliphatic rings. The third kappa shape index (κ3) is 3.95. The average molecular weight is 275 g/mol. The Kier molecular flexibility index (Phi) is 5.84. The van der Waals surface area contributed by atoms with E-state index >= 15 is 0 Å². The number of piperidine rings is 1. The number of hydrogen-bond donors (Lipinski definition) is 1. The lowest BCUT2D eigenvalue weighted by Crippen LogP contribution is -2.36. The Morgan fingerprint density at radius 1 is 1.40 bits per heavy atom. The fourth-order valence-electron chi connectivity index (χ4n) is 3.11. The van der Waals surface area contributed by atoms with Crippen LogP contribution < -0.4 is 5.32 Å². The SMILES string of the molecule is CCCNc1ncccc1C1CCCCN1CC(C)C. The van der Waals surface area contributed by atoms with Crippen molar-refractivity contribution >= 4 is 5.82 Å². The van der Waals surface area contributed by atoms with Gasteiger partial charge in [-0.1, -0.05) is 33.3 Å². The van der Waals surface area contributed by atoms with Crippen molar-refractivity contribution in [2.24, 2.45) is 5.92 Å². The molecule has 0 aromatic carbocycles. The highest BCUT2D eigenvalue weighted by Crippen LogP contribution is 2.34. The maximum Gasteiger partial charge on any atom is 0.130 e. The Morgan fingerprint density at radius 3 is 3.00 bits per heavy atom. The summed E-state index contributed by atoms with van der Waals surface area (Å²) in [6.45, 7) is 10.2. The molecule has 1 aromatic heterocycles. The van der Waals surface area contributed by atoms with Crippen molar-refractivity contribution in [2.45, 2.75) is 52.5 Å². The minimum absolute atomic E-state index is 0.541. The van der Waals surface area contributed by atoms with Crippen LogP contribution in [0.1, 0.15) is 58.1 Å². The second-order valence-electron chi connectivity index (χ2n) is 6.27. The van der Waals surface area contributed by atoms with Gasteiger partial charge in [0.15, 0.2) is 0 Å². The first-order valence-corrected chi connectivity index (χ1v) is 8.15. The molecule has 112 valence electrons. The van der Waals surface area contributed by atoms with Crippen LogP contribution in [0.25, 0.3) is 0 Å². The van der Waals surface area contributed by atoms with Gasteiger partial charge in [0.25, 0.3) is 0 Å². The first-order valence-electron chi connectivity index (χ1n) is 8.15. The van der Waals surface area contributed by atoms with Gasteiger partial charge in [0.05, 0.1) is 0 Å². The predicted octanol–water partition coefficient (Wildman–Crippen LogP) is 4.09. The van der Waals surface area contributed by atoms with E-state index in [0.717, 1.165) is 24.7 Å². The molecular weight excluding hydrogens is 246 g/mol. The fourth-order valence-corrected chi connectivity index (χ4v) is 3.11. The number of nitrogens with zero attached hydrogens (tertiary/aromatic N) is 2. The van der Waals surface area contributed by atoms with Gasteiger partial charge in [0.1, 0.15) is 5.82 Å². The van der Waals surface area contributed by atoms with E-state index in [1.807, 2.05) is 6.20 Å². The van der Waals surface area contributed by atoms with E-state index in [9.17, 15) is 0 Å². The lowest BCUT2D eigenvalue weighted by Gasteiger charge is -2.37. The van der Waals surface area contributed by atoms with Crippen LogP contribution in [0.2, 0.25) is 0 Å². The van der Waals surface area contributed by atoms with Crippen LogP contribution in [0.15, 0.2) is 18.3 Å². The molecule has 0 amide bonds. The summed E-state index contributed by atoms with van der Waals surface area (Å²) in [5.41, 5.74) is 1.39. The molecule has 0 spiro atoms. The lowest BCUT2D eigenvalue weighted by atomic mass is 9.94. The number of rotatable bonds is 6.